The number of nitrogens with one attached hydrogen (secondary N) is 1. The summed E-state index contributed by atoms with van der Waals surface area (Å²) in [6.45, 7) is 6.00. The van der Waals surface area contributed by atoms with Gasteiger partial charge in [-0.15, -0.1) is 0 Å². The van der Waals surface area contributed by atoms with E-state index < -0.39 is 11.6 Å². The van der Waals surface area contributed by atoms with Crippen molar-refractivity contribution in [3.63, 3.8) is 0 Å². The first-order chi connectivity index (χ1) is 8.90. The Balaban J connectivity index is 2.12. The molecule has 2 rings (SSSR count). The van der Waals surface area contributed by atoms with Gasteiger partial charge in [-0.2, -0.15) is 0 Å². The summed E-state index contributed by atoms with van der Waals surface area (Å²) in [7, 11) is 0. The lowest BCUT2D eigenvalue weighted by molar-refractivity contribution is -0.136. The van der Waals surface area contributed by atoms with Gasteiger partial charge in [0.1, 0.15) is 11.6 Å². The molecule has 0 bridgehead atoms. The van der Waals surface area contributed by atoms with Gasteiger partial charge in [-0.3, -0.25) is 4.79 Å². The van der Waals surface area contributed by atoms with Gasteiger partial charge < -0.3 is 10.2 Å². The average Bonchev–Trinajstić information content (AvgIpc) is 2.32. The van der Waals surface area contributed by atoms with Crippen molar-refractivity contribution >= 4 is 5.91 Å². The van der Waals surface area contributed by atoms with Crippen LogP contribution in [-0.2, 0) is 11.2 Å². The largest absolute Gasteiger partial charge is 0.335 e. The Morgan fingerprint density at radius 1 is 1.42 bits per heavy atom. The van der Waals surface area contributed by atoms with E-state index in [2.05, 4.69) is 5.32 Å². The Morgan fingerprint density at radius 3 is 2.79 bits per heavy atom. The molecule has 1 aromatic carbocycles. The van der Waals surface area contributed by atoms with E-state index in [1.54, 1.807) is 4.90 Å². The van der Waals surface area contributed by atoms with Gasteiger partial charge in [0.25, 0.3) is 0 Å². The van der Waals surface area contributed by atoms with Gasteiger partial charge in [-0.05, 0) is 25.5 Å². The van der Waals surface area contributed by atoms with Crippen molar-refractivity contribution in [2.75, 3.05) is 19.6 Å². The monoisotopic (exact) mass is 268 g/mol. The molecular weight excluding hydrogens is 250 g/mol. The second-order valence-corrected chi connectivity index (χ2v) is 5.45. The molecule has 1 aliphatic rings. The predicted molar refractivity (Wildman–Crippen MR) is 68.7 cm³/mol. The zero-order valence-electron chi connectivity index (χ0n) is 11.2. The summed E-state index contributed by atoms with van der Waals surface area (Å²) in [4.78, 5) is 14.0. The minimum atomic E-state index is -0.665. The summed E-state index contributed by atoms with van der Waals surface area (Å²) in [5.74, 6) is -1.42. The lowest BCUT2D eigenvalue weighted by Crippen LogP contribution is -2.60. The van der Waals surface area contributed by atoms with Crippen LogP contribution in [0.5, 0.6) is 0 Å². The Labute approximate surface area is 111 Å². The Morgan fingerprint density at radius 2 is 2.16 bits per heavy atom. The molecule has 5 heteroatoms. The fourth-order valence-corrected chi connectivity index (χ4v) is 2.37. The van der Waals surface area contributed by atoms with Crippen molar-refractivity contribution in [2.45, 2.75) is 25.8 Å². The van der Waals surface area contributed by atoms with Crippen molar-refractivity contribution in [2.24, 2.45) is 0 Å². The molecule has 1 N–H and O–H groups in total. The lowest BCUT2D eigenvalue weighted by atomic mass is 9.98. The first-order valence-electron chi connectivity index (χ1n) is 6.35. The third kappa shape index (κ3) is 3.10. The number of nitrogens with zero attached hydrogens (tertiary/aromatic N) is 1. The van der Waals surface area contributed by atoms with Crippen LogP contribution in [0.4, 0.5) is 8.78 Å². The highest BCUT2D eigenvalue weighted by Gasteiger charge is 2.33. The van der Waals surface area contributed by atoms with E-state index in [-0.39, 0.29) is 23.4 Å². The quantitative estimate of drug-likeness (QED) is 0.885. The van der Waals surface area contributed by atoms with Crippen molar-refractivity contribution < 1.29 is 13.6 Å². The Kier molecular flexibility index (Phi) is 3.85. The molecule has 1 fully saturated rings. The average molecular weight is 268 g/mol. The van der Waals surface area contributed by atoms with Gasteiger partial charge in [0, 0.05) is 31.2 Å². The number of carbonyl (C=O) groups excluding carboxylic acids is 1. The van der Waals surface area contributed by atoms with Gasteiger partial charge in [0.05, 0.1) is 6.42 Å². The summed E-state index contributed by atoms with van der Waals surface area (Å²) in [5, 5.41) is 3.23. The number of rotatable bonds is 2. The van der Waals surface area contributed by atoms with Crippen LogP contribution in [0.15, 0.2) is 18.2 Å². The SMILES string of the molecule is CC1(C)CNCCN1C(=O)Cc1ccc(F)cc1F. The third-order valence-electron chi connectivity index (χ3n) is 3.46. The highest BCUT2D eigenvalue weighted by molar-refractivity contribution is 5.79. The highest BCUT2D eigenvalue weighted by atomic mass is 19.1. The minimum absolute atomic E-state index is 0.0322. The zero-order chi connectivity index (χ0) is 14.0. The van der Waals surface area contributed by atoms with Gasteiger partial charge in [0.2, 0.25) is 5.91 Å². The molecule has 1 aliphatic heterocycles. The molecular formula is C14H18F2N2O. The fraction of sp³-hybridized carbons (Fsp3) is 0.500. The van der Waals surface area contributed by atoms with Crippen LogP contribution < -0.4 is 5.32 Å². The number of hydrogen-bond donors (Lipinski definition) is 1. The summed E-state index contributed by atoms with van der Waals surface area (Å²) in [6, 6.07) is 3.32. The second-order valence-electron chi connectivity index (χ2n) is 5.45. The van der Waals surface area contributed by atoms with Crippen LogP contribution in [0.2, 0.25) is 0 Å². The van der Waals surface area contributed by atoms with E-state index in [4.69, 9.17) is 0 Å². The van der Waals surface area contributed by atoms with Crippen LogP contribution in [0.25, 0.3) is 0 Å². The number of hydrogen-bond acceptors (Lipinski definition) is 2. The molecule has 1 aromatic rings. The van der Waals surface area contributed by atoms with Crippen molar-refractivity contribution in [3.05, 3.63) is 35.4 Å². The van der Waals surface area contributed by atoms with Crippen LogP contribution in [0, 0.1) is 11.6 Å². The molecule has 1 saturated heterocycles. The van der Waals surface area contributed by atoms with Gasteiger partial charge in [0.15, 0.2) is 0 Å². The number of benzene rings is 1. The zero-order valence-corrected chi connectivity index (χ0v) is 11.2. The molecule has 0 aliphatic carbocycles. The van der Waals surface area contributed by atoms with Crippen LogP contribution in [0.1, 0.15) is 19.4 Å². The number of halogens is 2. The van der Waals surface area contributed by atoms with Crippen LogP contribution in [-0.4, -0.2) is 36.0 Å². The molecule has 1 heterocycles. The molecule has 1 amide bonds. The van der Waals surface area contributed by atoms with E-state index in [1.807, 2.05) is 13.8 Å². The molecule has 0 radical (unpaired) electrons. The smallest absolute Gasteiger partial charge is 0.227 e. The van der Waals surface area contributed by atoms with E-state index >= 15 is 0 Å². The van der Waals surface area contributed by atoms with Gasteiger partial charge >= 0.3 is 0 Å². The van der Waals surface area contributed by atoms with Crippen LogP contribution >= 0.6 is 0 Å². The first-order valence-corrected chi connectivity index (χ1v) is 6.35. The maximum Gasteiger partial charge on any atom is 0.227 e. The topological polar surface area (TPSA) is 32.3 Å². The molecule has 0 saturated carbocycles. The Bertz CT molecular complexity index is 488. The second kappa shape index (κ2) is 5.25. The normalized spacial score (nSPS) is 18.4. The van der Waals surface area contributed by atoms with E-state index in [1.165, 1.54) is 12.1 Å². The van der Waals surface area contributed by atoms with Crippen LogP contribution in [0.3, 0.4) is 0 Å². The summed E-state index contributed by atoms with van der Waals surface area (Å²) >= 11 is 0. The molecule has 0 aromatic heterocycles. The van der Waals surface area contributed by atoms with Crippen molar-refractivity contribution in [3.8, 4) is 0 Å². The highest BCUT2D eigenvalue weighted by Crippen LogP contribution is 2.19. The molecule has 3 nitrogen and oxygen atoms in total. The van der Waals surface area contributed by atoms with Crippen molar-refractivity contribution in [1.82, 2.24) is 10.2 Å². The summed E-state index contributed by atoms with van der Waals surface area (Å²) in [6.07, 6.45) is -0.0322. The molecule has 0 atom stereocenters. The number of carbonyl (C=O) groups is 1. The molecule has 104 valence electrons. The summed E-state index contributed by atoms with van der Waals surface area (Å²) < 4.78 is 26.4. The summed E-state index contributed by atoms with van der Waals surface area (Å²) in [5.41, 5.74) is -0.0491. The van der Waals surface area contributed by atoms with Crippen molar-refractivity contribution in [1.29, 1.82) is 0 Å². The first kappa shape index (κ1) is 13.9. The third-order valence-corrected chi connectivity index (χ3v) is 3.46. The standard InChI is InChI=1S/C14H18F2N2O/c1-14(2)9-17-5-6-18(14)13(19)7-10-3-4-11(15)8-12(10)16/h3-4,8,17H,5-7,9H2,1-2H3. The minimum Gasteiger partial charge on any atom is -0.335 e. The maximum absolute atomic E-state index is 13.5. The van der Waals surface area contributed by atoms with Gasteiger partial charge in [-0.1, -0.05) is 6.07 Å². The van der Waals surface area contributed by atoms with E-state index in [0.29, 0.717) is 13.1 Å². The van der Waals surface area contributed by atoms with E-state index in [0.717, 1.165) is 12.6 Å². The fourth-order valence-electron chi connectivity index (χ4n) is 2.37. The van der Waals surface area contributed by atoms with E-state index in [9.17, 15) is 13.6 Å². The number of amides is 1. The maximum atomic E-state index is 13.5. The molecule has 0 spiro atoms. The Hall–Kier alpha value is -1.49. The lowest BCUT2D eigenvalue weighted by Gasteiger charge is -2.43. The van der Waals surface area contributed by atoms with Gasteiger partial charge in [-0.25, -0.2) is 8.78 Å². The number of piperazine rings is 1. The molecule has 0 unspecified atom stereocenters. The predicted octanol–water partition coefficient (Wildman–Crippen LogP) is 1.72. The molecule has 19 heavy (non-hydrogen) atoms.